The summed E-state index contributed by atoms with van der Waals surface area (Å²) >= 11 is 6.10. The quantitative estimate of drug-likeness (QED) is 0.366. The molecule has 5 nitrogen and oxygen atoms in total. The molecule has 0 saturated heterocycles. The molecule has 0 spiro atoms. The van der Waals surface area contributed by atoms with Crippen molar-refractivity contribution >= 4 is 23.4 Å². The molecule has 36 heavy (non-hydrogen) atoms. The number of hydrogen-bond acceptors (Lipinski definition) is 3. The van der Waals surface area contributed by atoms with Crippen LogP contribution < -0.4 is 10.1 Å². The van der Waals surface area contributed by atoms with Crippen LogP contribution in [0.2, 0.25) is 5.02 Å². The molecule has 0 heterocycles. The number of halogens is 2. The predicted molar refractivity (Wildman–Crippen MR) is 140 cm³/mol. The molecular weight excluding hydrogens is 479 g/mol. The first-order valence-electron chi connectivity index (χ1n) is 12.0. The van der Waals surface area contributed by atoms with E-state index >= 15 is 0 Å². The number of nitrogens with one attached hydrogen (secondary N) is 1. The average molecular weight is 511 g/mol. The summed E-state index contributed by atoms with van der Waals surface area (Å²) in [7, 11) is 0. The van der Waals surface area contributed by atoms with Gasteiger partial charge in [-0.15, -0.1) is 0 Å². The maximum absolute atomic E-state index is 13.5. The Kier molecular flexibility index (Phi) is 9.88. The zero-order valence-corrected chi connectivity index (χ0v) is 21.6. The van der Waals surface area contributed by atoms with Gasteiger partial charge in [0.1, 0.15) is 17.6 Å². The van der Waals surface area contributed by atoms with Gasteiger partial charge in [0.25, 0.3) is 5.91 Å². The second-order valence-electron chi connectivity index (χ2n) is 9.19. The molecule has 1 N–H and O–H groups in total. The molecule has 0 aliphatic rings. The lowest BCUT2D eigenvalue weighted by atomic mass is 10.0. The van der Waals surface area contributed by atoms with E-state index in [9.17, 15) is 14.0 Å². The summed E-state index contributed by atoms with van der Waals surface area (Å²) in [6.07, 6.45) is 0.331. The van der Waals surface area contributed by atoms with Crippen LogP contribution in [0.25, 0.3) is 0 Å². The number of hydrogen-bond donors (Lipinski definition) is 1. The van der Waals surface area contributed by atoms with Crippen LogP contribution in [0.1, 0.15) is 30.5 Å². The monoisotopic (exact) mass is 510 g/mol. The fourth-order valence-corrected chi connectivity index (χ4v) is 3.82. The van der Waals surface area contributed by atoms with Gasteiger partial charge in [-0.05, 0) is 59.9 Å². The minimum atomic E-state index is -0.778. The van der Waals surface area contributed by atoms with Crippen LogP contribution in [-0.4, -0.2) is 35.9 Å². The summed E-state index contributed by atoms with van der Waals surface area (Å²) in [5.41, 5.74) is 2.47. The van der Waals surface area contributed by atoms with Gasteiger partial charge in [-0.25, -0.2) is 4.39 Å². The Bertz CT molecular complexity index is 1150. The molecule has 3 rings (SSSR count). The van der Waals surface area contributed by atoms with Gasteiger partial charge in [0, 0.05) is 24.5 Å². The minimum Gasteiger partial charge on any atom is -0.484 e. The zero-order valence-electron chi connectivity index (χ0n) is 20.8. The van der Waals surface area contributed by atoms with Crippen molar-refractivity contribution in [2.45, 2.75) is 39.8 Å². The largest absolute Gasteiger partial charge is 0.484 e. The lowest BCUT2D eigenvalue weighted by Gasteiger charge is -2.31. The summed E-state index contributed by atoms with van der Waals surface area (Å²) in [5.74, 6) is -0.202. The lowest BCUT2D eigenvalue weighted by molar-refractivity contribution is -0.142. The summed E-state index contributed by atoms with van der Waals surface area (Å²) in [4.78, 5) is 28.4. The second-order valence-corrected chi connectivity index (χ2v) is 9.60. The Morgan fingerprint density at radius 2 is 1.69 bits per heavy atom. The van der Waals surface area contributed by atoms with Crippen LogP contribution in [0.5, 0.6) is 5.75 Å². The highest BCUT2D eigenvalue weighted by Crippen LogP contribution is 2.22. The van der Waals surface area contributed by atoms with Gasteiger partial charge >= 0.3 is 0 Å². The van der Waals surface area contributed by atoms with Crippen LogP contribution in [0.15, 0.2) is 72.8 Å². The topological polar surface area (TPSA) is 58.6 Å². The van der Waals surface area contributed by atoms with Crippen LogP contribution in [0.4, 0.5) is 4.39 Å². The van der Waals surface area contributed by atoms with E-state index in [1.54, 1.807) is 30.3 Å². The van der Waals surface area contributed by atoms with Crippen LogP contribution in [0, 0.1) is 18.7 Å². The van der Waals surface area contributed by atoms with Gasteiger partial charge in [-0.1, -0.05) is 67.9 Å². The fourth-order valence-electron chi connectivity index (χ4n) is 3.70. The number of ether oxygens (including phenoxy) is 1. The third-order valence-electron chi connectivity index (χ3n) is 5.71. The Balaban J connectivity index is 1.89. The molecule has 190 valence electrons. The number of carbonyl (C=O) groups is 2. The van der Waals surface area contributed by atoms with E-state index in [-0.39, 0.29) is 36.7 Å². The summed E-state index contributed by atoms with van der Waals surface area (Å²) in [6.45, 7) is 6.24. The first-order chi connectivity index (χ1) is 17.2. The molecule has 2 amide bonds. The van der Waals surface area contributed by atoms with Gasteiger partial charge in [-0.2, -0.15) is 0 Å². The first-order valence-corrected chi connectivity index (χ1v) is 12.3. The van der Waals surface area contributed by atoms with E-state index in [4.69, 9.17) is 16.3 Å². The SMILES string of the molecule is Cc1cc(OCC(=O)N(Cc2ccc(F)cc2)C(Cc2ccccc2)C(=O)NCC(C)C)ccc1Cl. The van der Waals surface area contributed by atoms with Gasteiger partial charge in [0.15, 0.2) is 6.61 Å². The number of aryl methyl sites for hydroxylation is 1. The molecule has 1 unspecified atom stereocenters. The average Bonchev–Trinajstić information content (AvgIpc) is 2.87. The van der Waals surface area contributed by atoms with Crippen molar-refractivity contribution in [1.82, 2.24) is 10.2 Å². The first kappa shape index (κ1) is 27.2. The summed E-state index contributed by atoms with van der Waals surface area (Å²) in [5, 5.41) is 3.58. The number of benzene rings is 3. The molecule has 0 bridgehead atoms. The molecule has 0 aliphatic carbocycles. The lowest BCUT2D eigenvalue weighted by Crippen LogP contribution is -2.52. The number of carbonyl (C=O) groups excluding carboxylic acids is 2. The third kappa shape index (κ3) is 8.09. The van der Waals surface area contributed by atoms with Crippen molar-refractivity contribution in [3.05, 3.63) is 100 Å². The van der Waals surface area contributed by atoms with Gasteiger partial charge in [0.2, 0.25) is 5.91 Å². The van der Waals surface area contributed by atoms with Crippen molar-refractivity contribution in [2.75, 3.05) is 13.2 Å². The van der Waals surface area contributed by atoms with Crippen molar-refractivity contribution in [2.24, 2.45) is 5.92 Å². The molecule has 7 heteroatoms. The molecule has 3 aromatic carbocycles. The standard InChI is InChI=1S/C29H32ClFN2O3/c1-20(2)17-32-29(35)27(16-22-7-5-4-6-8-22)33(18-23-9-11-24(31)12-10-23)28(34)19-36-25-13-14-26(30)21(3)15-25/h4-15,20,27H,16-19H2,1-3H3,(H,32,35). The molecule has 0 fully saturated rings. The van der Waals surface area contributed by atoms with E-state index in [2.05, 4.69) is 5.32 Å². The van der Waals surface area contributed by atoms with Gasteiger partial charge in [-0.3, -0.25) is 9.59 Å². The smallest absolute Gasteiger partial charge is 0.261 e. The fraction of sp³-hybridized carbons (Fsp3) is 0.310. The Morgan fingerprint density at radius 1 is 1.00 bits per heavy atom. The highest BCUT2D eigenvalue weighted by molar-refractivity contribution is 6.31. The molecule has 3 aromatic rings. The van der Waals surface area contributed by atoms with Crippen molar-refractivity contribution in [3.63, 3.8) is 0 Å². The van der Waals surface area contributed by atoms with Gasteiger partial charge in [0.05, 0.1) is 0 Å². The number of nitrogens with zero attached hydrogens (tertiary/aromatic N) is 1. The van der Waals surface area contributed by atoms with E-state index in [1.807, 2.05) is 51.1 Å². The highest BCUT2D eigenvalue weighted by Gasteiger charge is 2.30. The molecule has 0 aliphatic heterocycles. The number of rotatable bonds is 11. The molecular formula is C29H32ClFN2O3. The molecule has 1 atom stereocenters. The normalized spacial score (nSPS) is 11.7. The van der Waals surface area contributed by atoms with E-state index in [0.29, 0.717) is 29.3 Å². The van der Waals surface area contributed by atoms with Crippen molar-refractivity contribution in [1.29, 1.82) is 0 Å². The minimum absolute atomic E-state index is 0.134. The number of amides is 2. The summed E-state index contributed by atoms with van der Waals surface area (Å²) < 4.78 is 19.3. The maximum Gasteiger partial charge on any atom is 0.261 e. The zero-order chi connectivity index (χ0) is 26.1. The molecule has 0 saturated carbocycles. The van der Waals surface area contributed by atoms with E-state index in [0.717, 1.165) is 11.1 Å². The van der Waals surface area contributed by atoms with Crippen LogP contribution >= 0.6 is 11.6 Å². The van der Waals surface area contributed by atoms with Crippen LogP contribution in [-0.2, 0) is 22.6 Å². The van der Waals surface area contributed by atoms with E-state index < -0.39 is 6.04 Å². The molecule has 0 radical (unpaired) electrons. The van der Waals surface area contributed by atoms with Crippen LogP contribution in [0.3, 0.4) is 0 Å². The van der Waals surface area contributed by atoms with E-state index in [1.165, 1.54) is 17.0 Å². The van der Waals surface area contributed by atoms with Gasteiger partial charge < -0.3 is 15.0 Å². The molecule has 0 aromatic heterocycles. The highest BCUT2D eigenvalue weighted by atomic mass is 35.5. The Hall–Kier alpha value is -3.38. The predicted octanol–water partition coefficient (Wildman–Crippen LogP) is 5.58. The third-order valence-corrected chi connectivity index (χ3v) is 6.14. The maximum atomic E-state index is 13.5. The summed E-state index contributed by atoms with van der Waals surface area (Å²) in [6, 6.07) is 19.9. The second kappa shape index (κ2) is 13.1. The van der Waals surface area contributed by atoms with Crippen molar-refractivity contribution in [3.8, 4) is 5.75 Å². The van der Waals surface area contributed by atoms with Crippen molar-refractivity contribution < 1.29 is 18.7 Å². The Labute approximate surface area is 217 Å². The Morgan fingerprint density at radius 3 is 2.33 bits per heavy atom.